The number of hydrogen-bond acceptors (Lipinski definition) is 3. The Morgan fingerprint density at radius 2 is 2.05 bits per heavy atom. The summed E-state index contributed by atoms with van der Waals surface area (Å²) in [6.07, 6.45) is 0.771. The first-order valence-corrected chi connectivity index (χ1v) is 6.30. The van der Waals surface area contributed by atoms with E-state index < -0.39 is 23.0 Å². The predicted octanol–water partition coefficient (Wildman–Crippen LogP) is 2.73. The first kappa shape index (κ1) is 14.1. The molecular formula is C14H16F2O3. The first-order valence-electron chi connectivity index (χ1n) is 6.30. The second-order valence-corrected chi connectivity index (χ2v) is 4.49. The van der Waals surface area contributed by atoms with E-state index in [1.807, 2.05) is 0 Å². The van der Waals surface area contributed by atoms with Crippen molar-refractivity contribution >= 4 is 5.78 Å². The van der Waals surface area contributed by atoms with Crippen LogP contribution in [0, 0.1) is 11.6 Å². The number of carbonyl (C=O) groups excluding carboxylic acids is 1. The van der Waals surface area contributed by atoms with Crippen LogP contribution in [0.5, 0.6) is 0 Å². The van der Waals surface area contributed by atoms with E-state index in [4.69, 9.17) is 9.47 Å². The summed E-state index contributed by atoms with van der Waals surface area (Å²) < 4.78 is 37.4. The number of hydrogen-bond donors (Lipinski definition) is 0. The highest BCUT2D eigenvalue weighted by Crippen LogP contribution is 2.30. The van der Waals surface area contributed by atoms with Gasteiger partial charge in [-0.2, -0.15) is 0 Å². The predicted molar refractivity (Wildman–Crippen MR) is 65.1 cm³/mol. The Morgan fingerprint density at radius 1 is 1.37 bits per heavy atom. The van der Waals surface area contributed by atoms with E-state index in [9.17, 15) is 13.6 Å². The van der Waals surface area contributed by atoms with Crippen molar-refractivity contribution in [2.75, 3.05) is 19.8 Å². The summed E-state index contributed by atoms with van der Waals surface area (Å²) in [7, 11) is 0. The molecule has 104 valence electrons. The van der Waals surface area contributed by atoms with E-state index >= 15 is 0 Å². The van der Waals surface area contributed by atoms with Gasteiger partial charge < -0.3 is 9.47 Å². The van der Waals surface area contributed by atoms with Gasteiger partial charge in [-0.25, -0.2) is 8.78 Å². The van der Waals surface area contributed by atoms with Gasteiger partial charge in [-0.15, -0.1) is 0 Å². The molecule has 0 atom stereocenters. The molecule has 19 heavy (non-hydrogen) atoms. The summed E-state index contributed by atoms with van der Waals surface area (Å²) in [5.74, 6) is -1.99. The summed E-state index contributed by atoms with van der Waals surface area (Å²) in [6.45, 7) is 2.93. The summed E-state index contributed by atoms with van der Waals surface area (Å²) in [6, 6.07) is 2.96. The summed E-state index contributed by atoms with van der Waals surface area (Å²) in [5, 5.41) is 0. The van der Waals surface area contributed by atoms with E-state index in [1.54, 1.807) is 6.92 Å². The lowest BCUT2D eigenvalue weighted by Gasteiger charge is -2.35. The highest BCUT2D eigenvalue weighted by molar-refractivity contribution is 6.02. The Morgan fingerprint density at radius 3 is 2.63 bits per heavy atom. The molecule has 1 saturated heterocycles. The molecule has 0 aromatic heterocycles. The molecule has 1 aliphatic rings. The number of benzene rings is 1. The van der Waals surface area contributed by atoms with E-state index in [1.165, 1.54) is 6.07 Å². The van der Waals surface area contributed by atoms with Crippen LogP contribution in [0.15, 0.2) is 18.2 Å². The number of ketones is 1. The maximum atomic E-state index is 13.7. The maximum absolute atomic E-state index is 13.7. The minimum atomic E-state index is -1.05. The van der Waals surface area contributed by atoms with Gasteiger partial charge in [-0.3, -0.25) is 4.79 Å². The highest BCUT2D eigenvalue weighted by atomic mass is 19.1. The van der Waals surface area contributed by atoms with Crippen molar-refractivity contribution in [3.63, 3.8) is 0 Å². The van der Waals surface area contributed by atoms with Gasteiger partial charge in [-0.1, -0.05) is 0 Å². The van der Waals surface area contributed by atoms with Gasteiger partial charge in [-0.05, 0) is 19.1 Å². The summed E-state index contributed by atoms with van der Waals surface area (Å²) in [4.78, 5) is 12.5. The molecule has 0 spiro atoms. The molecule has 0 N–H and O–H groups in total. The van der Waals surface area contributed by atoms with E-state index in [0.29, 0.717) is 38.7 Å². The van der Waals surface area contributed by atoms with Crippen molar-refractivity contribution in [3.8, 4) is 0 Å². The topological polar surface area (TPSA) is 35.5 Å². The average Bonchev–Trinajstić information content (AvgIpc) is 2.39. The molecule has 1 aromatic carbocycles. The quantitative estimate of drug-likeness (QED) is 0.789. The zero-order valence-electron chi connectivity index (χ0n) is 10.7. The van der Waals surface area contributed by atoms with Crippen LogP contribution in [0.2, 0.25) is 0 Å². The molecule has 0 saturated carbocycles. The largest absolute Gasteiger partial charge is 0.381 e. The number of rotatable bonds is 4. The maximum Gasteiger partial charge on any atom is 0.197 e. The van der Waals surface area contributed by atoms with Crippen LogP contribution in [0.25, 0.3) is 0 Å². The molecular weight excluding hydrogens is 254 g/mol. The third-order valence-electron chi connectivity index (χ3n) is 3.31. The van der Waals surface area contributed by atoms with Crippen LogP contribution in [0.1, 0.15) is 30.1 Å². The van der Waals surface area contributed by atoms with Crippen LogP contribution in [-0.2, 0) is 9.47 Å². The number of carbonyl (C=O) groups is 1. The fourth-order valence-electron chi connectivity index (χ4n) is 2.33. The smallest absolute Gasteiger partial charge is 0.197 e. The monoisotopic (exact) mass is 270 g/mol. The van der Waals surface area contributed by atoms with E-state index in [-0.39, 0.29) is 5.56 Å². The van der Waals surface area contributed by atoms with Crippen molar-refractivity contribution in [1.29, 1.82) is 0 Å². The van der Waals surface area contributed by atoms with Crippen molar-refractivity contribution in [1.82, 2.24) is 0 Å². The molecule has 5 heteroatoms. The van der Waals surface area contributed by atoms with Gasteiger partial charge >= 0.3 is 0 Å². The highest BCUT2D eigenvalue weighted by Gasteiger charge is 2.42. The third-order valence-corrected chi connectivity index (χ3v) is 3.31. The molecule has 1 aromatic rings. The van der Waals surface area contributed by atoms with Crippen LogP contribution >= 0.6 is 0 Å². The van der Waals surface area contributed by atoms with Gasteiger partial charge in [0, 0.05) is 38.7 Å². The molecule has 1 heterocycles. The zero-order chi connectivity index (χ0) is 13.9. The Kier molecular flexibility index (Phi) is 4.27. The molecule has 1 fully saturated rings. The van der Waals surface area contributed by atoms with Gasteiger partial charge in [0.1, 0.15) is 17.2 Å². The third kappa shape index (κ3) is 2.82. The van der Waals surface area contributed by atoms with Gasteiger partial charge in [0.2, 0.25) is 0 Å². The van der Waals surface area contributed by atoms with Gasteiger partial charge in [0.05, 0.1) is 5.56 Å². The van der Waals surface area contributed by atoms with Crippen molar-refractivity contribution in [2.45, 2.75) is 25.4 Å². The molecule has 2 rings (SSSR count). The minimum absolute atomic E-state index is 0.128. The fourth-order valence-corrected chi connectivity index (χ4v) is 2.33. The van der Waals surface area contributed by atoms with E-state index in [0.717, 1.165) is 6.07 Å². The van der Waals surface area contributed by atoms with Crippen molar-refractivity contribution in [2.24, 2.45) is 0 Å². The molecule has 0 aliphatic carbocycles. The lowest BCUT2D eigenvalue weighted by Crippen LogP contribution is -2.46. The standard InChI is InChI=1S/C14H16F2O3/c1-2-19-14(5-7-18-8-6-14)13(17)11-4-3-10(15)9-12(11)16/h3-4,9H,2,5-8H2,1H3. The van der Waals surface area contributed by atoms with E-state index in [2.05, 4.69) is 0 Å². The zero-order valence-corrected chi connectivity index (χ0v) is 10.7. The van der Waals surface area contributed by atoms with Crippen molar-refractivity contribution < 1.29 is 23.0 Å². The fraction of sp³-hybridized carbons (Fsp3) is 0.500. The van der Waals surface area contributed by atoms with Crippen LogP contribution in [0.4, 0.5) is 8.78 Å². The molecule has 1 aliphatic heterocycles. The SMILES string of the molecule is CCOC1(C(=O)c2ccc(F)cc2F)CCOCC1. The second kappa shape index (κ2) is 5.75. The molecule has 3 nitrogen and oxygen atoms in total. The molecule has 0 radical (unpaired) electrons. The molecule has 0 unspecified atom stereocenters. The normalized spacial score (nSPS) is 18.3. The number of halogens is 2. The number of Topliss-reactive ketones (excluding diaryl/α,β-unsaturated/α-hetero) is 1. The van der Waals surface area contributed by atoms with Crippen molar-refractivity contribution in [3.05, 3.63) is 35.4 Å². The van der Waals surface area contributed by atoms with Gasteiger partial charge in [0.25, 0.3) is 0 Å². The van der Waals surface area contributed by atoms with Crippen LogP contribution < -0.4 is 0 Å². The Labute approximate surface area is 110 Å². The summed E-state index contributed by atoms with van der Waals surface area (Å²) >= 11 is 0. The van der Waals surface area contributed by atoms with Crippen LogP contribution in [-0.4, -0.2) is 31.2 Å². The average molecular weight is 270 g/mol. The molecule has 0 amide bonds. The Hall–Kier alpha value is -1.33. The van der Waals surface area contributed by atoms with Crippen LogP contribution in [0.3, 0.4) is 0 Å². The minimum Gasteiger partial charge on any atom is -0.381 e. The Bertz CT molecular complexity index is 462. The summed E-state index contributed by atoms with van der Waals surface area (Å²) in [5.41, 5.74) is -1.18. The number of ether oxygens (including phenoxy) is 2. The lowest BCUT2D eigenvalue weighted by molar-refractivity contribution is -0.0823. The van der Waals surface area contributed by atoms with Gasteiger partial charge in [0.15, 0.2) is 5.78 Å². The first-order chi connectivity index (χ1) is 9.09. The Balaban J connectivity index is 2.33. The molecule has 0 bridgehead atoms. The lowest BCUT2D eigenvalue weighted by atomic mass is 9.85. The second-order valence-electron chi connectivity index (χ2n) is 4.49.